The second-order valence-corrected chi connectivity index (χ2v) is 3.75. The van der Waals surface area contributed by atoms with E-state index in [1.807, 2.05) is 0 Å². The van der Waals surface area contributed by atoms with Crippen LogP contribution in [0, 0.1) is 11.8 Å². The predicted octanol–water partition coefficient (Wildman–Crippen LogP) is 2.36. The maximum atomic E-state index is 9.45. The maximum absolute atomic E-state index is 9.45. The molecule has 0 aromatic heterocycles. The van der Waals surface area contributed by atoms with Crippen molar-refractivity contribution in [3.63, 3.8) is 0 Å². The summed E-state index contributed by atoms with van der Waals surface area (Å²) in [4.78, 5) is 0. The molecule has 11 heavy (non-hydrogen) atoms. The second-order valence-electron chi connectivity index (χ2n) is 3.75. The Balaban J connectivity index is 2.32. The summed E-state index contributed by atoms with van der Waals surface area (Å²) in [6.07, 6.45) is 6.30. The summed E-state index contributed by atoms with van der Waals surface area (Å²) in [5, 5.41) is 9.45. The Kier molecular flexibility index (Phi) is 3.13. The van der Waals surface area contributed by atoms with Gasteiger partial charge in [-0.3, -0.25) is 0 Å². The van der Waals surface area contributed by atoms with Gasteiger partial charge < -0.3 is 5.11 Å². The fourth-order valence-electron chi connectivity index (χ4n) is 1.82. The summed E-state index contributed by atoms with van der Waals surface area (Å²) in [6.45, 7) is 5.89. The van der Waals surface area contributed by atoms with Crippen LogP contribution in [-0.2, 0) is 0 Å². The molecular formula is C10H18O. The Morgan fingerprint density at radius 2 is 1.91 bits per heavy atom. The lowest BCUT2D eigenvalue weighted by Gasteiger charge is -2.28. The van der Waals surface area contributed by atoms with Crippen LogP contribution in [0.3, 0.4) is 0 Å². The van der Waals surface area contributed by atoms with Gasteiger partial charge in [0.05, 0.1) is 6.10 Å². The molecule has 1 atom stereocenters. The maximum Gasteiger partial charge on any atom is 0.0746 e. The van der Waals surface area contributed by atoms with Gasteiger partial charge in [0.25, 0.3) is 0 Å². The van der Waals surface area contributed by atoms with Crippen molar-refractivity contribution in [3.05, 3.63) is 12.7 Å². The topological polar surface area (TPSA) is 20.2 Å². The molecule has 1 nitrogen and oxygen atoms in total. The predicted molar refractivity (Wildman–Crippen MR) is 47.3 cm³/mol. The van der Waals surface area contributed by atoms with E-state index in [1.54, 1.807) is 6.08 Å². The van der Waals surface area contributed by atoms with Crippen LogP contribution < -0.4 is 0 Å². The van der Waals surface area contributed by atoms with Gasteiger partial charge in [0.15, 0.2) is 0 Å². The Labute approximate surface area is 69.1 Å². The van der Waals surface area contributed by atoms with Gasteiger partial charge in [-0.25, -0.2) is 0 Å². The van der Waals surface area contributed by atoms with Gasteiger partial charge in [-0.2, -0.15) is 0 Å². The lowest BCUT2D eigenvalue weighted by Crippen LogP contribution is -2.22. The van der Waals surface area contributed by atoms with Crippen molar-refractivity contribution in [3.8, 4) is 0 Å². The number of aliphatic hydroxyl groups excluding tert-OH is 1. The third kappa shape index (κ3) is 2.33. The summed E-state index contributed by atoms with van der Waals surface area (Å²) >= 11 is 0. The SMILES string of the molecule is C=CC(O)C1CCC(C)CC1. The van der Waals surface area contributed by atoms with E-state index in [-0.39, 0.29) is 6.10 Å². The Morgan fingerprint density at radius 3 is 2.36 bits per heavy atom. The van der Waals surface area contributed by atoms with Gasteiger partial charge in [0, 0.05) is 0 Å². The molecule has 0 saturated heterocycles. The van der Waals surface area contributed by atoms with E-state index in [1.165, 1.54) is 25.7 Å². The second kappa shape index (κ2) is 3.91. The largest absolute Gasteiger partial charge is 0.389 e. The van der Waals surface area contributed by atoms with Crippen LogP contribution in [0.15, 0.2) is 12.7 Å². The molecule has 1 N–H and O–H groups in total. The molecule has 1 aliphatic carbocycles. The Hall–Kier alpha value is -0.300. The average Bonchev–Trinajstić information content (AvgIpc) is 2.05. The van der Waals surface area contributed by atoms with Crippen LogP contribution in [0.5, 0.6) is 0 Å². The molecule has 0 aromatic carbocycles. The molecule has 0 radical (unpaired) electrons. The standard InChI is InChI=1S/C10H18O/c1-3-10(11)9-6-4-8(2)5-7-9/h3,8-11H,1,4-7H2,2H3. The minimum absolute atomic E-state index is 0.262. The van der Waals surface area contributed by atoms with Crippen molar-refractivity contribution < 1.29 is 5.11 Å². The molecule has 1 fully saturated rings. The van der Waals surface area contributed by atoms with Crippen LogP contribution in [0.25, 0.3) is 0 Å². The zero-order valence-electron chi connectivity index (χ0n) is 7.29. The third-order valence-corrected chi connectivity index (χ3v) is 2.78. The van der Waals surface area contributed by atoms with E-state index >= 15 is 0 Å². The van der Waals surface area contributed by atoms with E-state index in [2.05, 4.69) is 13.5 Å². The minimum Gasteiger partial charge on any atom is -0.389 e. The molecule has 1 unspecified atom stereocenters. The van der Waals surface area contributed by atoms with Crippen molar-refractivity contribution in [1.82, 2.24) is 0 Å². The zero-order valence-corrected chi connectivity index (χ0v) is 7.29. The van der Waals surface area contributed by atoms with Gasteiger partial charge in [-0.1, -0.05) is 25.8 Å². The van der Waals surface area contributed by atoms with Gasteiger partial charge >= 0.3 is 0 Å². The minimum atomic E-state index is -0.262. The van der Waals surface area contributed by atoms with E-state index in [0.29, 0.717) is 5.92 Å². The summed E-state index contributed by atoms with van der Waals surface area (Å²) < 4.78 is 0. The van der Waals surface area contributed by atoms with Crippen molar-refractivity contribution in [2.24, 2.45) is 11.8 Å². The smallest absolute Gasteiger partial charge is 0.0746 e. The molecular weight excluding hydrogens is 136 g/mol. The zero-order chi connectivity index (χ0) is 8.27. The van der Waals surface area contributed by atoms with E-state index in [0.717, 1.165) is 5.92 Å². The quantitative estimate of drug-likeness (QED) is 0.605. The van der Waals surface area contributed by atoms with Crippen molar-refractivity contribution in [2.45, 2.75) is 38.7 Å². The first-order valence-electron chi connectivity index (χ1n) is 4.54. The highest BCUT2D eigenvalue weighted by Crippen LogP contribution is 2.30. The molecule has 1 saturated carbocycles. The summed E-state index contributed by atoms with van der Waals surface area (Å²) in [6, 6.07) is 0. The highest BCUT2D eigenvalue weighted by Gasteiger charge is 2.22. The van der Waals surface area contributed by atoms with Crippen molar-refractivity contribution in [1.29, 1.82) is 0 Å². The van der Waals surface area contributed by atoms with Crippen LogP contribution in [-0.4, -0.2) is 11.2 Å². The van der Waals surface area contributed by atoms with Crippen molar-refractivity contribution in [2.75, 3.05) is 0 Å². The van der Waals surface area contributed by atoms with Gasteiger partial charge in [0.2, 0.25) is 0 Å². The van der Waals surface area contributed by atoms with Gasteiger partial charge in [-0.15, -0.1) is 6.58 Å². The number of aliphatic hydroxyl groups is 1. The molecule has 0 aliphatic heterocycles. The molecule has 1 aliphatic rings. The molecule has 64 valence electrons. The number of rotatable bonds is 2. The fourth-order valence-corrected chi connectivity index (χ4v) is 1.82. The molecule has 0 spiro atoms. The molecule has 0 aromatic rings. The van der Waals surface area contributed by atoms with Crippen molar-refractivity contribution >= 4 is 0 Å². The summed E-state index contributed by atoms with van der Waals surface area (Å²) in [7, 11) is 0. The number of hydrogen-bond donors (Lipinski definition) is 1. The third-order valence-electron chi connectivity index (χ3n) is 2.78. The average molecular weight is 154 g/mol. The first-order valence-corrected chi connectivity index (χ1v) is 4.54. The van der Waals surface area contributed by atoms with E-state index in [9.17, 15) is 5.11 Å². The lowest BCUT2D eigenvalue weighted by molar-refractivity contribution is 0.113. The summed E-state index contributed by atoms with van der Waals surface area (Å²) in [5.74, 6) is 1.35. The van der Waals surface area contributed by atoms with E-state index < -0.39 is 0 Å². The highest BCUT2D eigenvalue weighted by atomic mass is 16.3. The highest BCUT2D eigenvalue weighted by molar-refractivity contribution is 4.86. The van der Waals surface area contributed by atoms with Gasteiger partial charge in [-0.05, 0) is 24.7 Å². The molecule has 1 rings (SSSR count). The first-order chi connectivity index (χ1) is 5.24. The first kappa shape index (κ1) is 8.79. The summed E-state index contributed by atoms with van der Waals surface area (Å²) in [5.41, 5.74) is 0. The molecule has 0 heterocycles. The lowest BCUT2D eigenvalue weighted by atomic mass is 9.80. The van der Waals surface area contributed by atoms with Crippen LogP contribution in [0.2, 0.25) is 0 Å². The van der Waals surface area contributed by atoms with Gasteiger partial charge in [0.1, 0.15) is 0 Å². The molecule has 1 heteroatoms. The molecule has 0 amide bonds. The Morgan fingerprint density at radius 1 is 1.36 bits per heavy atom. The number of hydrogen-bond acceptors (Lipinski definition) is 1. The van der Waals surface area contributed by atoms with E-state index in [4.69, 9.17) is 0 Å². The fraction of sp³-hybridized carbons (Fsp3) is 0.800. The van der Waals surface area contributed by atoms with Crippen LogP contribution >= 0.6 is 0 Å². The Bertz CT molecular complexity index is 123. The van der Waals surface area contributed by atoms with Crippen LogP contribution in [0.4, 0.5) is 0 Å². The normalized spacial score (nSPS) is 34.7. The monoisotopic (exact) mass is 154 g/mol. The molecule has 0 bridgehead atoms. The van der Waals surface area contributed by atoms with Crippen LogP contribution in [0.1, 0.15) is 32.6 Å².